The molecule has 1 aliphatic rings. The largest absolute Gasteiger partial charge is 0.348 e. The molecule has 0 bridgehead atoms. The summed E-state index contributed by atoms with van der Waals surface area (Å²) in [7, 11) is 0. The van der Waals surface area contributed by atoms with Crippen LogP contribution >= 0.6 is 34.3 Å². The van der Waals surface area contributed by atoms with E-state index in [1.807, 2.05) is 12.1 Å². The molecule has 20 heavy (non-hydrogen) atoms. The van der Waals surface area contributed by atoms with Crippen LogP contribution in [0.15, 0.2) is 17.5 Å². The molecular formula is C13H14ClN3OS2. The van der Waals surface area contributed by atoms with Crippen LogP contribution in [0.5, 0.6) is 0 Å². The first kappa shape index (κ1) is 14.0. The Balaban J connectivity index is 1.68. The zero-order valence-corrected chi connectivity index (χ0v) is 13.1. The Bertz CT molecular complexity index is 604. The van der Waals surface area contributed by atoms with Gasteiger partial charge in [-0.15, -0.1) is 22.7 Å². The molecule has 1 saturated heterocycles. The molecule has 1 fully saturated rings. The van der Waals surface area contributed by atoms with Crippen molar-refractivity contribution in [2.75, 3.05) is 13.1 Å². The van der Waals surface area contributed by atoms with Crippen molar-refractivity contribution in [2.45, 2.75) is 18.9 Å². The van der Waals surface area contributed by atoms with E-state index >= 15 is 0 Å². The highest BCUT2D eigenvalue weighted by Gasteiger charge is 2.18. The van der Waals surface area contributed by atoms with Crippen molar-refractivity contribution in [3.63, 3.8) is 0 Å². The fourth-order valence-corrected chi connectivity index (χ4v) is 4.06. The third kappa shape index (κ3) is 3.20. The number of thiophene rings is 1. The molecule has 2 aromatic heterocycles. The van der Waals surface area contributed by atoms with E-state index in [9.17, 15) is 4.79 Å². The van der Waals surface area contributed by atoms with E-state index < -0.39 is 0 Å². The van der Waals surface area contributed by atoms with Gasteiger partial charge in [-0.05, 0) is 38.1 Å². The first-order valence-electron chi connectivity index (χ1n) is 6.45. The number of hydrogen-bond donors (Lipinski definition) is 2. The van der Waals surface area contributed by atoms with Gasteiger partial charge < -0.3 is 10.6 Å². The second-order valence-corrected chi connectivity index (χ2v) is 7.21. The predicted octanol–water partition coefficient (Wildman–Crippen LogP) is 3.01. The molecule has 4 nitrogen and oxygen atoms in total. The summed E-state index contributed by atoms with van der Waals surface area (Å²) in [6.45, 7) is 1.92. The zero-order valence-electron chi connectivity index (χ0n) is 10.7. The van der Waals surface area contributed by atoms with Crippen LogP contribution in [0.2, 0.25) is 4.34 Å². The lowest BCUT2D eigenvalue weighted by atomic mass is 10.1. The van der Waals surface area contributed by atoms with Crippen LogP contribution in [0.3, 0.4) is 0 Å². The van der Waals surface area contributed by atoms with Gasteiger partial charge >= 0.3 is 0 Å². The van der Waals surface area contributed by atoms with Crippen molar-refractivity contribution in [1.82, 2.24) is 15.6 Å². The molecule has 0 unspecified atom stereocenters. The van der Waals surface area contributed by atoms with Crippen LogP contribution in [-0.2, 0) is 0 Å². The number of thiazole rings is 1. The second-order valence-electron chi connectivity index (χ2n) is 4.64. The van der Waals surface area contributed by atoms with Crippen LogP contribution < -0.4 is 10.6 Å². The fraction of sp³-hybridized carbons (Fsp3) is 0.385. The molecule has 2 N–H and O–H groups in total. The van der Waals surface area contributed by atoms with E-state index in [0.717, 1.165) is 40.2 Å². The van der Waals surface area contributed by atoms with Crippen molar-refractivity contribution in [3.8, 4) is 9.88 Å². The number of aromatic nitrogens is 1. The number of carbonyl (C=O) groups excluding carboxylic acids is 1. The van der Waals surface area contributed by atoms with Crippen molar-refractivity contribution >= 4 is 40.2 Å². The molecule has 3 heterocycles. The minimum absolute atomic E-state index is 0.0814. The maximum Gasteiger partial charge on any atom is 0.270 e. The summed E-state index contributed by atoms with van der Waals surface area (Å²) < 4.78 is 0.732. The molecule has 0 saturated carbocycles. The zero-order chi connectivity index (χ0) is 13.9. The van der Waals surface area contributed by atoms with Gasteiger partial charge in [0.25, 0.3) is 5.91 Å². The Hall–Kier alpha value is -0.950. The van der Waals surface area contributed by atoms with Crippen LogP contribution in [-0.4, -0.2) is 30.0 Å². The van der Waals surface area contributed by atoms with Gasteiger partial charge in [0.1, 0.15) is 10.7 Å². The van der Waals surface area contributed by atoms with Crippen LogP contribution in [0.25, 0.3) is 9.88 Å². The van der Waals surface area contributed by atoms with E-state index in [0.29, 0.717) is 5.69 Å². The summed E-state index contributed by atoms with van der Waals surface area (Å²) in [4.78, 5) is 17.6. The average Bonchev–Trinajstić information content (AvgIpc) is 3.08. The third-order valence-electron chi connectivity index (χ3n) is 3.20. The molecule has 0 spiro atoms. The highest BCUT2D eigenvalue weighted by atomic mass is 35.5. The van der Waals surface area contributed by atoms with Gasteiger partial charge in [-0.3, -0.25) is 4.79 Å². The average molecular weight is 328 g/mol. The number of hydrogen-bond acceptors (Lipinski definition) is 5. The standard InChI is InChI=1S/C13H14ClN3OS2/c14-11-2-1-10(20-11)13-17-9(7-19-13)12(18)16-8-3-5-15-6-4-8/h1-2,7-8,15H,3-6H2,(H,16,18). The maximum absolute atomic E-state index is 12.2. The maximum atomic E-state index is 12.2. The van der Waals surface area contributed by atoms with Crippen molar-refractivity contribution in [1.29, 1.82) is 0 Å². The minimum Gasteiger partial charge on any atom is -0.348 e. The molecule has 106 valence electrons. The lowest BCUT2D eigenvalue weighted by molar-refractivity contribution is 0.0925. The smallest absolute Gasteiger partial charge is 0.270 e. The molecule has 0 aliphatic carbocycles. The van der Waals surface area contributed by atoms with Crippen LogP contribution in [0, 0.1) is 0 Å². The highest BCUT2D eigenvalue weighted by molar-refractivity contribution is 7.23. The fourth-order valence-electron chi connectivity index (χ4n) is 2.15. The van der Waals surface area contributed by atoms with E-state index in [1.165, 1.54) is 22.7 Å². The number of nitrogens with zero attached hydrogens (tertiary/aromatic N) is 1. The molecule has 3 rings (SSSR count). The van der Waals surface area contributed by atoms with Gasteiger partial charge in [-0.25, -0.2) is 4.98 Å². The molecule has 0 atom stereocenters. The second kappa shape index (κ2) is 6.22. The first-order chi connectivity index (χ1) is 9.72. The Morgan fingerprint density at radius 2 is 2.20 bits per heavy atom. The Kier molecular flexibility index (Phi) is 4.35. The van der Waals surface area contributed by atoms with Gasteiger partial charge in [-0.1, -0.05) is 11.6 Å². The van der Waals surface area contributed by atoms with Gasteiger partial charge in [0, 0.05) is 11.4 Å². The van der Waals surface area contributed by atoms with Gasteiger partial charge in [0.05, 0.1) is 9.21 Å². The lowest BCUT2D eigenvalue weighted by Gasteiger charge is -2.23. The van der Waals surface area contributed by atoms with E-state index in [2.05, 4.69) is 15.6 Å². The van der Waals surface area contributed by atoms with Crippen molar-refractivity contribution in [2.24, 2.45) is 0 Å². The number of nitrogens with one attached hydrogen (secondary N) is 2. The van der Waals surface area contributed by atoms with Gasteiger partial charge in [-0.2, -0.15) is 0 Å². The minimum atomic E-state index is -0.0814. The normalized spacial score (nSPS) is 16.2. The molecule has 2 aromatic rings. The number of halogens is 1. The van der Waals surface area contributed by atoms with Crippen molar-refractivity contribution < 1.29 is 4.79 Å². The van der Waals surface area contributed by atoms with Gasteiger partial charge in [0.2, 0.25) is 0 Å². The summed E-state index contributed by atoms with van der Waals surface area (Å²) in [6, 6.07) is 4.03. The molecule has 7 heteroatoms. The SMILES string of the molecule is O=C(NC1CCNCC1)c1csc(-c2ccc(Cl)s2)n1. The summed E-state index contributed by atoms with van der Waals surface area (Å²) in [5.74, 6) is -0.0814. The summed E-state index contributed by atoms with van der Waals surface area (Å²) in [5, 5.41) is 8.98. The van der Waals surface area contributed by atoms with Crippen LogP contribution in [0.4, 0.5) is 0 Å². The van der Waals surface area contributed by atoms with E-state index in [1.54, 1.807) is 5.38 Å². The van der Waals surface area contributed by atoms with Gasteiger partial charge in [0.15, 0.2) is 0 Å². The number of carbonyl (C=O) groups is 1. The quantitative estimate of drug-likeness (QED) is 0.911. The topological polar surface area (TPSA) is 54.0 Å². The molecule has 0 aromatic carbocycles. The predicted molar refractivity (Wildman–Crippen MR) is 83.8 cm³/mol. The monoisotopic (exact) mass is 327 g/mol. The molecule has 0 radical (unpaired) electrons. The van der Waals surface area contributed by atoms with Crippen molar-refractivity contribution in [3.05, 3.63) is 27.5 Å². The lowest BCUT2D eigenvalue weighted by Crippen LogP contribution is -2.42. The van der Waals surface area contributed by atoms with E-state index in [-0.39, 0.29) is 11.9 Å². The Labute approximate surface area is 130 Å². The third-order valence-corrected chi connectivity index (χ3v) is 5.44. The molecule has 1 aliphatic heterocycles. The number of amides is 1. The number of piperidine rings is 1. The summed E-state index contributed by atoms with van der Waals surface area (Å²) in [5.41, 5.74) is 0.494. The van der Waals surface area contributed by atoms with Crippen LogP contribution in [0.1, 0.15) is 23.3 Å². The Morgan fingerprint density at radius 3 is 2.90 bits per heavy atom. The first-order valence-corrected chi connectivity index (χ1v) is 8.52. The molecular weight excluding hydrogens is 314 g/mol. The highest BCUT2D eigenvalue weighted by Crippen LogP contribution is 2.32. The molecule has 1 amide bonds. The summed E-state index contributed by atoms with van der Waals surface area (Å²) in [6.07, 6.45) is 1.95. The Morgan fingerprint density at radius 1 is 1.40 bits per heavy atom. The van der Waals surface area contributed by atoms with E-state index in [4.69, 9.17) is 11.6 Å². The summed E-state index contributed by atoms with van der Waals surface area (Å²) >= 11 is 8.87. The number of rotatable bonds is 3.